The fourth-order valence-electron chi connectivity index (χ4n) is 0.712. The summed E-state index contributed by atoms with van der Waals surface area (Å²) in [5, 5.41) is 12.9. The summed E-state index contributed by atoms with van der Waals surface area (Å²) in [6, 6.07) is 0. The Bertz CT molecular complexity index is 57.1. The summed E-state index contributed by atoms with van der Waals surface area (Å²) in [5.41, 5.74) is 0. The normalized spacial score (nSPS) is 42.0. The van der Waals surface area contributed by atoms with Crippen LogP contribution in [0.25, 0.3) is 0 Å². The zero-order valence-corrected chi connectivity index (χ0v) is 4.46. The van der Waals surface area contributed by atoms with Crippen molar-refractivity contribution in [3.05, 3.63) is 0 Å². The highest BCUT2D eigenvalue weighted by Crippen LogP contribution is 2.06. The first-order valence-electron chi connectivity index (χ1n) is 2.62. The van der Waals surface area contributed by atoms with Gasteiger partial charge >= 0.3 is 0 Å². The van der Waals surface area contributed by atoms with Crippen LogP contribution in [-0.2, 0) is 0 Å². The molecule has 41 valence electrons. The van der Waals surface area contributed by atoms with E-state index in [1.165, 1.54) is 0 Å². The Morgan fingerprint density at radius 3 is 2.43 bits per heavy atom. The Morgan fingerprint density at radius 1 is 1.57 bits per heavy atom. The van der Waals surface area contributed by atoms with Gasteiger partial charge in [-0.15, -0.1) is 0 Å². The van der Waals surface area contributed by atoms with Crippen LogP contribution in [0.3, 0.4) is 0 Å². The zero-order chi connectivity index (χ0) is 5.28. The van der Waals surface area contributed by atoms with Crippen molar-refractivity contribution in [2.75, 3.05) is 13.1 Å². The van der Waals surface area contributed by atoms with Crippen LogP contribution in [0.2, 0.25) is 0 Å². The third-order valence-electron chi connectivity index (χ3n) is 1.39. The van der Waals surface area contributed by atoms with E-state index >= 15 is 0 Å². The highest BCUT2D eigenvalue weighted by Gasteiger charge is 2.20. The molecule has 0 aromatic rings. The van der Waals surface area contributed by atoms with E-state index < -0.39 is 0 Å². The summed E-state index contributed by atoms with van der Waals surface area (Å²) in [6.45, 7) is 3.52. The van der Waals surface area contributed by atoms with Gasteiger partial charge in [0.25, 0.3) is 0 Å². The van der Waals surface area contributed by atoms with Crippen molar-refractivity contribution in [1.82, 2.24) is 5.32 Å². The monoisotopic (exact) mass is 100 g/mol. The molecule has 1 fully saturated rings. The van der Waals surface area contributed by atoms with Crippen LogP contribution < -0.4 is 5.32 Å². The van der Waals surface area contributed by atoms with Crippen LogP contribution in [-0.4, -0.2) is 24.3 Å². The van der Waals surface area contributed by atoms with Crippen LogP contribution in [0.5, 0.6) is 0 Å². The van der Waals surface area contributed by atoms with Crippen molar-refractivity contribution in [2.45, 2.75) is 13.0 Å². The molecular formula is C5H10NO. The van der Waals surface area contributed by atoms with Gasteiger partial charge in [0.1, 0.15) is 0 Å². The van der Waals surface area contributed by atoms with Crippen LogP contribution in [0.1, 0.15) is 6.92 Å². The quantitative estimate of drug-likeness (QED) is 0.441. The van der Waals surface area contributed by atoms with E-state index in [-0.39, 0.29) is 6.10 Å². The summed E-state index contributed by atoms with van der Waals surface area (Å²) in [6.07, 6.45) is -0.153. The van der Waals surface area contributed by atoms with Gasteiger partial charge in [0.05, 0.1) is 6.10 Å². The number of hydrogen-bond acceptors (Lipinski definition) is 1. The maximum atomic E-state index is 8.90. The van der Waals surface area contributed by atoms with Gasteiger partial charge in [-0.2, -0.15) is 0 Å². The van der Waals surface area contributed by atoms with Crippen LogP contribution in [0.15, 0.2) is 0 Å². The lowest BCUT2D eigenvalue weighted by Gasteiger charge is -2.02. The number of rotatable bonds is 0. The maximum absolute atomic E-state index is 8.90. The average Bonchev–Trinajstić information content (AvgIpc) is 1.91. The predicted octanol–water partition coefficient (Wildman–Crippen LogP) is -0.399. The molecule has 2 atom stereocenters. The highest BCUT2D eigenvalue weighted by atomic mass is 16.3. The van der Waals surface area contributed by atoms with Crippen LogP contribution in [0.4, 0.5) is 0 Å². The third kappa shape index (κ3) is 0.924. The Balaban J connectivity index is 2.33. The summed E-state index contributed by atoms with van der Waals surface area (Å²) in [5.74, 6) is 0.403. The SMILES string of the molecule is CC1C[N]CC1O. The Labute approximate surface area is 43.5 Å². The van der Waals surface area contributed by atoms with E-state index in [2.05, 4.69) is 5.32 Å². The van der Waals surface area contributed by atoms with Crippen molar-refractivity contribution < 1.29 is 5.11 Å². The number of aliphatic hydroxyl groups excluding tert-OH is 1. The van der Waals surface area contributed by atoms with Gasteiger partial charge in [-0.05, 0) is 5.92 Å². The van der Waals surface area contributed by atoms with Crippen LogP contribution >= 0.6 is 0 Å². The van der Waals surface area contributed by atoms with Crippen molar-refractivity contribution in [2.24, 2.45) is 5.92 Å². The standard InChI is InChI=1S/C5H10NO/c1-4-2-6-3-5(4)7/h4-5,7H,2-3H2,1H3. The molecule has 1 rings (SSSR count). The molecule has 1 saturated heterocycles. The lowest BCUT2D eigenvalue weighted by Crippen LogP contribution is -2.13. The molecule has 0 saturated carbocycles. The lowest BCUT2D eigenvalue weighted by atomic mass is 10.1. The lowest BCUT2D eigenvalue weighted by molar-refractivity contribution is 0.156. The van der Waals surface area contributed by atoms with E-state index in [1.54, 1.807) is 0 Å². The molecule has 1 N–H and O–H groups in total. The molecule has 2 nitrogen and oxygen atoms in total. The van der Waals surface area contributed by atoms with Crippen molar-refractivity contribution in [3.8, 4) is 0 Å². The molecule has 2 heteroatoms. The van der Waals surface area contributed by atoms with Crippen LogP contribution in [0, 0.1) is 5.92 Å². The fourth-order valence-corrected chi connectivity index (χ4v) is 0.712. The van der Waals surface area contributed by atoms with Gasteiger partial charge < -0.3 is 5.11 Å². The summed E-state index contributed by atoms with van der Waals surface area (Å²) < 4.78 is 0. The maximum Gasteiger partial charge on any atom is 0.0719 e. The van der Waals surface area contributed by atoms with E-state index in [4.69, 9.17) is 5.11 Å². The fraction of sp³-hybridized carbons (Fsp3) is 1.00. The zero-order valence-electron chi connectivity index (χ0n) is 4.46. The smallest absolute Gasteiger partial charge is 0.0719 e. The summed E-state index contributed by atoms with van der Waals surface area (Å²) >= 11 is 0. The molecule has 2 unspecified atom stereocenters. The van der Waals surface area contributed by atoms with Gasteiger partial charge in [0.15, 0.2) is 0 Å². The average molecular weight is 100 g/mol. The number of nitrogens with zero attached hydrogens (tertiary/aromatic N) is 1. The van der Waals surface area contributed by atoms with Gasteiger partial charge in [0, 0.05) is 13.1 Å². The molecule has 0 amide bonds. The first kappa shape index (κ1) is 5.06. The largest absolute Gasteiger partial charge is 0.391 e. The molecule has 1 heterocycles. The minimum absolute atomic E-state index is 0.153. The molecule has 0 spiro atoms. The summed E-state index contributed by atoms with van der Waals surface area (Å²) in [4.78, 5) is 0. The third-order valence-corrected chi connectivity index (χ3v) is 1.39. The molecular weight excluding hydrogens is 90.1 g/mol. The van der Waals surface area contributed by atoms with Gasteiger partial charge in [-0.3, -0.25) is 0 Å². The Morgan fingerprint density at radius 2 is 2.29 bits per heavy atom. The Hall–Kier alpha value is -0.0800. The second-order valence-corrected chi connectivity index (χ2v) is 2.13. The second-order valence-electron chi connectivity index (χ2n) is 2.13. The Kier molecular flexibility index (Phi) is 1.30. The molecule has 1 radical (unpaired) electrons. The highest BCUT2D eigenvalue weighted by molar-refractivity contribution is 4.75. The van der Waals surface area contributed by atoms with E-state index in [0.29, 0.717) is 12.5 Å². The number of aliphatic hydroxyl groups is 1. The van der Waals surface area contributed by atoms with Gasteiger partial charge in [-0.25, -0.2) is 5.32 Å². The first-order valence-corrected chi connectivity index (χ1v) is 2.62. The predicted molar refractivity (Wildman–Crippen MR) is 27.0 cm³/mol. The molecule has 0 aromatic heterocycles. The van der Waals surface area contributed by atoms with Gasteiger partial charge in [0.2, 0.25) is 0 Å². The van der Waals surface area contributed by atoms with Crippen molar-refractivity contribution >= 4 is 0 Å². The molecule has 1 aliphatic heterocycles. The molecule has 0 bridgehead atoms. The minimum Gasteiger partial charge on any atom is -0.391 e. The molecule has 7 heavy (non-hydrogen) atoms. The summed E-state index contributed by atoms with van der Waals surface area (Å²) in [7, 11) is 0. The topological polar surface area (TPSA) is 34.3 Å². The number of hydrogen-bond donors (Lipinski definition) is 1. The molecule has 1 aliphatic rings. The van der Waals surface area contributed by atoms with Crippen molar-refractivity contribution in [3.63, 3.8) is 0 Å². The molecule has 0 aliphatic carbocycles. The van der Waals surface area contributed by atoms with E-state index in [1.807, 2.05) is 6.92 Å². The molecule has 0 aromatic carbocycles. The van der Waals surface area contributed by atoms with Gasteiger partial charge in [-0.1, -0.05) is 6.92 Å². The van der Waals surface area contributed by atoms with Crippen molar-refractivity contribution in [1.29, 1.82) is 0 Å². The second kappa shape index (κ2) is 1.80. The first-order chi connectivity index (χ1) is 3.30. The minimum atomic E-state index is -0.153. The van der Waals surface area contributed by atoms with E-state index in [0.717, 1.165) is 6.54 Å². The van der Waals surface area contributed by atoms with E-state index in [9.17, 15) is 0 Å².